The Bertz CT molecular complexity index is 525. The van der Waals surface area contributed by atoms with Gasteiger partial charge in [-0.25, -0.2) is 0 Å². The van der Waals surface area contributed by atoms with Crippen LogP contribution in [0.1, 0.15) is 38.0 Å². The number of rotatable bonds is 6. The fourth-order valence-corrected chi connectivity index (χ4v) is 2.66. The van der Waals surface area contributed by atoms with Crippen LogP contribution in [-0.4, -0.2) is 38.1 Å². The first-order valence-electron chi connectivity index (χ1n) is 7.99. The summed E-state index contributed by atoms with van der Waals surface area (Å²) in [7, 11) is 4.05. The fourth-order valence-electron chi connectivity index (χ4n) is 2.66. The topological polar surface area (TPSA) is 38.8 Å². The van der Waals surface area contributed by atoms with E-state index < -0.39 is 0 Å². The van der Waals surface area contributed by atoms with Crippen LogP contribution in [0.2, 0.25) is 0 Å². The number of carbonyl (C=O) groups excluding carboxylic acids is 1. The Kier molecular flexibility index (Phi) is 5.46. The first-order valence-corrected chi connectivity index (χ1v) is 7.99. The highest BCUT2D eigenvalue weighted by Crippen LogP contribution is 2.40. The van der Waals surface area contributed by atoms with Crippen LogP contribution >= 0.6 is 0 Å². The predicted molar refractivity (Wildman–Crippen MR) is 87.0 cm³/mol. The number of esters is 1. The van der Waals surface area contributed by atoms with Crippen molar-refractivity contribution in [1.29, 1.82) is 0 Å². The minimum atomic E-state index is -0.151. The van der Waals surface area contributed by atoms with Crippen LogP contribution in [0.3, 0.4) is 0 Å². The minimum absolute atomic E-state index is 0.101. The molecule has 1 aromatic carbocycles. The summed E-state index contributed by atoms with van der Waals surface area (Å²) in [5, 5.41) is 0. The van der Waals surface area contributed by atoms with Gasteiger partial charge < -0.3 is 14.4 Å². The number of ether oxygens (including phenoxy) is 2. The highest BCUT2D eigenvalue weighted by Gasteiger charge is 2.33. The second-order valence-corrected chi connectivity index (χ2v) is 6.71. The first-order chi connectivity index (χ1) is 10.4. The van der Waals surface area contributed by atoms with Crippen molar-refractivity contribution < 1.29 is 14.3 Å². The van der Waals surface area contributed by atoms with Crippen LogP contribution in [0.25, 0.3) is 0 Å². The van der Waals surface area contributed by atoms with Gasteiger partial charge in [-0.2, -0.15) is 0 Å². The molecule has 0 amide bonds. The molecule has 0 bridgehead atoms. The summed E-state index contributed by atoms with van der Waals surface area (Å²) in [4.78, 5) is 14.0. The molecule has 0 radical (unpaired) electrons. The monoisotopic (exact) mass is 305 g/mol. The number of hydrogen-bond acceptors (Lipinski definition) is 4. The van der Waals surface area contributed by atoms with Crippen molar-refractivity contribution in [3.63, 3.8) is 0 Å². The van der Waals surface area contributed by atoms with Gasteiger partial charge >= 0.3 is 5.97 Å². The van der Waals surface area contributed by atoms with Crippen molar-refractivity contribution in [3.8, 4) is 5.75 Å². The molecule has 4 heteroatoms. The molecular formula is C18H27NO3. The molecule has 4 nitrogen and oxygen atoms in total. The Morgan fingerprint density at radius 1 is 1.36 bits per heavy atom. The van der Waals surface area contributed by atoms with E-state index in [2.05, 4.69) is 17.9 Å². The second kappa shape index (κ2) is 7.14. The van der Waals surface area contributed by atoms with E-state index in [0.29, 0.717) is 12.5 Å². The van der Waals surface area contributed by atoms with E-state index in [0.717, 1.165) is 24.3 Å². The van der Waals surface area contributed by atoms with E-state index in [1.807, 2.05) is 40.1 Å². The Hall–Kier alpha value is -1.55. The zero-order valence-electron chi connectivity index (χ0n) is 14.3. The lowest BCUT2D eigenvalue weighted by atomic mass is 10.1. The number of fused-ring (bicyclic) bond motifs is 1. The van der Waals surface area contributed by atoms with Gasteiger partial charge in [-0.3, -0.25) is 4.79 Å². The third kappa shape index (κ3) is 4.01. The molecule has 0 spiro atoms. The fraction of sp³-hybridized carbons (Fsp3) is 0.611. The predicted octanol–water partition coefficient (Wildman–Crippen LogP) is 3.06. The van der Waals surface area contributed by atoms with Crippen molar-refractivity contribution in [2.45, 2.75) is 33.3 Å². The number of likely N-dealkylation sites (N-methyl/N-ethyl adjacent to an activating group) is 1. The van der Waals surface area contributed by atoms with Gasteiger partial charge in [0.25, 0.3) is 0 Å². The maximum absolute atomic E-state index is 11.9. The maximum atomic E-state index is 11.9. The molecule has 0 unspecified atom stereocenters. The minimum Gasteiger partial charge on any atom is -0.492 e. The molecule has 0 N–H and O–H groups in total. The highest BCUT2D eigenvalue weighted by molar-refractivity contribution is 5.72. The Morgan fingerprint density at radius 3 is 2.73 bits per heavy atom. The molecule has 122 valence electrons. The smallest absolute Gasteiger partial charge is 0.308 e. The molecular weight excluding hydrogens is 278 g/mol. The summed E-state index contributed by atoms with van der Waals surface area (Å²) in [6.07, 6.45) is 0.797. The number of hydrogen-bond donors (Lipinski definition) is 0. The van der Waals surface area contributed by atoms with E-state index in [9.17, 15) is 4.79 Å². The third-order valence-corrected chi connectivity index (χ3v) is 4.00. The molecule has 2 atom stereocenters. The van der Waals surface area contributed by atoms with Gasteiger partial charge in [-0.15, -0.1) is 0 Å². The zero-order chi connectivity index (χ0) is 16.3. The number of nitrogens with zero attached hydrogens (tertiary/aromatic N) is 1. The molecule has 0 aliphatic heterocycles. The quantitative estimate of drug-likeness (QED) is 0.757. The molecule has 1 aliphatic rings. The highest BCUT2D eigenvalue weighted by atomic mass is 16.5. The molecule has 0 fully saturated rings. The van der Waals surface area contributed by atoms with E-state index in [1.165, 1.54) is 5.56 Å². The SMILES string of the molecule is CC(C)C(=O)O[C@H]1c2cc(OCCN(C)C)ccc2C[C@H]1C. The van der Waals surface area contributed by atoms with Gasteiger partial charge in [0, 0.05) is 12.5 Å². The summed E-state index contributed by atoms with van der Waals surface area (Å²) < 4.78 is 11.5. The molecule has 2 rings (SSSR count). The molecule has 1 aliphatic carbocycles. The summed E-state index contributed by atoms with van der Waals surface area (Å²) >= 11 is 0. The van der Waals surface area contributed by atoms with Gasteiger partial charge in [0.1, 0.15) is 18.5 Å². The third-order valence-electron chi connectivity index (χ3n) is 4.00. The van der Waals surface area contributed by atoms with Crippen molar-refractivity contribution in [1.82, 2.24) is 4.90 Å². The standard InChI is InChI=1S/C18H27NO3/c1-12(2)18(20)22-17-13(3)10-14-6-7-15(11-16(14)17)21-9-8-19(4)5/h6-7,11-13,17H,8-10H2,1-5H3/t13-,17-/m1/s1. The van der Waals surface area contributed by atoms with Gasteiger partial charge in [0.2, 0.25) is 0 Å². The second-order valence-electron chi connectivity index (χ2n) is 6.71. The van der Waals surface area contributed by atoms with Gasteiger partial charge in [-0.1, -0.05) is 26.8 Å². The van der Waals surface area contributed by atoms with Crippen molar-refractivity contribution in [3.05, 3.63) is 29.3 Å². The molecule has 0 heterocycles. The van der Waals surface area contributed by atoms with Crippen molar-refractivity contribution in [2.75, 3.05) is 27.2 Å². The lowest BCUT2D eigenvalue weighted by molar-refractivity contribution is -0.155. The molecule has 0 saturated heterocycles. The Balaban J connectivity index is 2.09. The summed E-state index contributed by atoms with van der Waals surface area (Å²) in [6, 6.07) is 6.14. The van der Waals surface area contributed by atoms with Crippen molar-refractivity contribution in [2.24, 2.45) is 11.8 Å². The zero-order valence-corrected chi connectivity index (χ0v) is 14.3. The Morgan fingerprint density at radius 2 is 2.09 bits per heavy atom. The summed E-state index contributed by atoms with van der Waals surface area (Å²) in [6.45, 7) is 7.38. The lowest BCUT2D eigenvalue weighted by Gasteiger charge is -2.19. The van der Waals surface area contributed by atoms with Gasteiger partial charge in [0.15, 0.2) is 0 Å². The first kappa shape index (κ1) is 16.8. The molecule has 22 heavy (non-hydrogen) atoms. The summed E-state index contributed by atoms with van der Waals surface area (Å²) in [5.74, 6) is 0.925. The molecule has 1 aromatic rings. The van der Waals surface area contributed by atoms with Crippen LogP contribution in [-0.2, 0) is 16.0 Å². The lowest BCUT2D eigenvalue weighted by Crippen LogP contribution is -2.19. The van der Waals surface area contributed by atoms with E-state index in [-0.39, 0.29) is 18.0 Å². The molecule has 0 aromatic heterocycles. The van der Waals surface area contributed by atoms with Gasteiger partial charge in [-0.05, 0) is 43.8 Å². The van der Waals surface area contributed by atoms with E-state index in [4.69, 9.17) is 9.47 Å². The maximum Gasteiger partial charge on any atom is 0.308 e. The van der Waals surface area contributed by atoms with Crippen LogP contribution in [0, 0.1) is 11.8 Å². The number of carbonyl (C=O) groups is 1. The van der Waals surface area contributed by atoms with Crippen molar-refractivity contribution >= 4 is 5.97 Å². The van der Waals surface area contributed by atoms with E-state index >= 15 is 0 Å². The number of benzene rings is 1. The average molecular weight is 305 g/mol. The van der Waals surface area contributed by atoms with Crippen LogP contribution in [0.15, 0.2) is 18.2 Å². The van der Waals surface area contributed by atoms with E-state index in [1.54, 1.807) is 0 Å². The van der Waals surface area contributed by atoms with Crippen LogP contribution in [0.5, 0.6) is 5.75 Å². The molecule has 0 saturated carbocycles. The Labute approximate surface area is 133 Å². The van der Waals surface area contributed by atoms with Crippen LogP contribution < -0.4 is 4.74 Å². The average Bonchev–Trinajstić information content (AvgIpc) is 2.74. The van der Waals surface area contributed by atoms with Gasteiger partial charge in [0.05, 0.1) is 5.92 Å². The largest absolute Gasteiger partial charge is 0.492 e. The normalized spacial score (nSPS) is 20.3. The van der Waals surface area contributed by atoms with Crippen LogP contribution in [0.4, 0.5) is 0 Å². The summed E-state index contributed by atoms with van der Waals surface area (Å²) in [5.41, 5.74) is 2.36.